The van der Waals surface area contributed by atoms with Gasteiger partial charge in [-0.2, -0.15) is 0 Å². The Morgan fingerprint density at radius 1 is 1.26 bits per heavy atom. The number of benzene rings is 2. The molecule has 0 saturated carbocycles. The van der Waals surface area contributed by atoms with Crippen molar-refractivity contribution in [3.63, 3.8) is 0 Å². The summed E-state index contributed by atoms with van der Waals surface area (Å²) < 4.78 is 23.8. The maximum absolute atomic E-state index is 13.1. The Kier molecular flexibility index (Phi) is 4.57. The summed E-state index contributed by atoms with van der Waals surface area (Å²) in [5.74, 6) is 0.264. The molecule has 1 amide bonds. The molecule has 0 aliphatic carbocycles. The first-order valence-electron chi connectivity index (χ1n) is 7.47. The topological polar surface area (TPSA) is 38.8 Å². The van der Waals surface area contributed by atoms with E-state index in [0.29, 0.717) is 31.1 Å². The van der Waals surface area contributed by atoms with Crippen LogP contribution in [0.4, 0.5) is 4.39 Å². The Balaban J connectivity index is 1.88. The van der Waals surface area contributed by atoms with Crippen LogP contribution >= 0.6 is 0 Å². The van der Waals surface area contributed by atoms with Gasteiger partial charge in [-0.25, -0.2) is 4.39 Å². The lowest BCUT2D eigenvalue weighted by Crippen LogP contribution is -2.43. The van der Waals surface area contributed by atoms with Gasteiger partial charge in [-0.3, -0.25) is 4.79 Å². The lowest BCUT2D eigenvalue weighted by molar-refractivity contribution is -0.00272. The summed E-state index contributed by atoms with van der Waals surface area (Å²) in [6, 6.07) is 13.1. The third kappa shape index (κ3) is 3.35. The monoisotopic (exact) mass is 315 g/mol. The highest BCUT2D eigenvalue weighted by atomic mass is 19.1. The zero-order valence-electron chi connectivity index (χ0n) is 12.9. The number of carbonyl (C=O) groups is 1. The summed E-state index contributed by atoms with van der Waals surface area (Å²) in [5, 5.41) is 0. The van der Waals surface area contributed by atoms with Gasteiger partial charge in [0.1, 0.15) is 11.6 Å². The van der Waals surface area contributed by atoms with Gasteiger partial charge in [-0.05, 0) is 35.9 Å². The summed E-state index contributed by atoms with van der Waals surface area (Å²) in [6.07, 6.45) is 0. The van der Waals surface area contributed by atoms with Crippen LogP contribution in [-0.4, -0.2) is 37.7 Å². The molecule has 23 heavy (non-hydrogen) atoms. The van der Waals surface area contributed by atoms with Gasteiger partial charge in [0.25, 0.3) is 5.91 Å². The molecule has 5 heteroatoms. The molecule has 2 aromatic rings. The molecule has 4 nitrogen and oxygen atoms in total. The van der Waals surface area contributed by atoms with E-state index in [1.165, 1.54) is 12.1 Å². The molecular weight excluding hydrogens is 297 g/mol. The number of rotatable bonds is 3. The third-order valence-electron chi connectivity index (χ3n) is 3.96. The molecular formula is C18H18FNO3. The van der Waals surface area contributed by atoms with Gasteiger partial charge in [0.05, 0.1) is 26.4 Å². The quantitative estimate of drug-likeness (QED) is 0.874. The van der Waals surface area contributed by atoms with Crippen LogP contribution in [0, 0.1) is 5.82 Å². The molecule has 1 atom stereocenters. The van der Waals surface area contributed by atoms with Crippen molar-refractivity contribution in [3.8, 4) is 5.75 Å². The number of hydrogen-bond donors (Lipinski definition) is 0. The third-order valence-corrected chi connectivity index (χ3v) is 3.96. The van der Waals surface area contributed by atoms with E-state index < -0.39 is 0 Å². The van der Waals surface area contributed by atoms with Crippen LogP contribution < -0.4 is 4.74 Å². The fraction of sp³-hybridized carbons (Fsp3) is 0.278. The minimum absolute atomic E-state index is 0.0819. The van der Waals surface area contributed by atoms with E-state index in [1.807, 2.05) is 0 Å². The maximum atomic E-state index is 13.1. The molecule has 0 N–H and O–H groups in total. The summed E-state index contributed by atoms with van der Waals surface area (Å²) in [6.45, 7) is 1.40. The minimum Gasteiger partial charge on any atom is -0.497 e. The van der Waals surface area contributed by atoms with E-state index in [2.05, 4.69) is 0 Å². The molecule has 0 radical (unpaired) electrons. The van der Waals surface area contributed by atoms with Crippen LogP contribution in [0.15, 0.2) is 48.5 Å². The first kappa shape index (κ1) is 15.5. The molecule has 1 saturated heterocycles. The minimum atomic E-state index is -0.295. The van der Waals surface area contributed by atoms with Crippen LogP contribution in [0.1, 0.15) is 22.0 Å². The lowest BCUT2D eigenvalue weighted by Gasteiger charge is -2.36. The van der Waals surface area contributed by atoms with Gasteiger partial charge in [0.2, 0.25) is 0 Å². The van der Waals surface area contributed by atoms with Crippen LogP contribution in [0.5, 0.6) is 5.75 Å². The predicted octanol–water partition coefficient (Wildman–Crippen LogP) is 3.05. The molecule has 1 aliphatic rings. The standard InChI is InChI=1S/C18H18FNO3/c1-22-16-4-2-3-14(11-16)18(21)20-9-10-23-12-17(20)13-5-7-15(19)8-6-13/h2-8,11,17H,9-10,12H2,1H3. The van der Waals surface area contributed by atoms with Gasteiger partial charge < -0.3 is 14.4 Å². The zero-order chi connectivity index (χ0) is 16.2. The average Bonchev–Trinajstić information content (AvgIpc) is 2.62. The number of methoxy groups -OCH3 is 1. The molecule has 0 spiro atoms. The highest BCUT2D eigenvalue weighted by molar-refractivity contribution is 5.95. The van der Waals surface area contributed by atoms with Crippen molar-refractivity contribution in [1.29, 1.82) is 0 Å². The van der Waals surface area contributed by atoms with Crippen molar-refractivity contribution < 1.29 is 18.7 Å². The van der Waals surface area contributed by atoms with Gasteiger partial charge in [-0.1, -0.05) is 18.2 Å². The number of ether oxygens (including phenoxy) is 2. The molecule has 3 rings (SSSR count). The molecule has 2 aromatic carbocycles. The summed E-state index contributed by atoms with van der Waals surface area (Å²) in [7, 11) is 1.57. The highest BCUT2D eigenvalue weighted by Gasteiger charge is 2.29. The Morgan fingerprint density at radius 3 is 2.78 bits per heavy atom. The van der Waals surface area contributed by atoms with Gasteiger partial charge in [0.15, 0.2) is 0 Å². The Hall–Kier alpha value is -2.40. The number of amides is 1. The number of morpholine rings is 1. The molecule has 1 fully saturated rings. The Bertz CT molecular complexity index is 687. The summed E-state index contributed by atoms with van der Waals surface area (Å²) in [5.41, 5.74) is 1.43. The average molecular weight is 315 g/mol. The maximum Gasteiger partial charge on any atom is 0.254 e. The van der Waals surface area contributed by atoms with Crippen molar-refractivity contribution in [2.75, 3.05) is 26.9 Å². The number of carbonyl (C=O) groups excluding carboxylic acids is 1. The molecule has 120 valence electrons. The first-order chi connectivity index (χ1) is 11.2. The van der Waals surface area contributed by atoms with Crippen molar-refractivity contribution in [1.82, 2.24) is 4.90 Å². The number of halogens is 1. The largest absolute Gasteiger partial charge is 0.497 e. The van der Waals surface area contributed by atoms with Crippen molar-refractivity contribution >= 4 is 5.91 Å². The molecule has 0 bridgehead atoms. The van der Waals surface area contributed by atoms with Gasteiger partial charge >= 0.3 is 0 Å². The second kappa shape index (κ2) is 6.79. The van der Waals surface area contributed by atoms with Crippen LogP contribution in [0.25, 0.3) is 0 Å². The second-order valence-electron chi connectivity index (χ2n) is 5.37. The van der Waals surface area contributed by atoms with E-state index in [0.717, 1.165) is 5.56 Å². The molecule has 1 aliphatic heterocycles. The fourth-order valence-electron chi connectivity index (χ4n) is 2.73. The molecule has 0 aromatic heterocycles. The Morgan fingerprint density at radius 2 is 2.04 bits per heavy atom. The second-order valence-corrected chi connectivity index (χ2v) is 5.37. The smallest absolute Gasteiger partial charge is 0.254 e. The van der Waals surface area contributed by atoms with Crippen LogP contribution in [0.3, 0.4) is 0 Å². The lowest BCUT2D eigenvalue weighted by atomic mass is 10.0. The molecule has 1 unspecified atom stereocenters. The van der Waals surface area contributed by atoms with E-state index in [-0.39, 0.29) is 17.8 Å². The number of hydrogen-bond acceptors (Lipinski definition) is 3. The van der Waals surface area contributed by atoms with Gasteiger partial charge in [0, 0.05) is 12.1 Å². The number of nitrogens with zero attached hydrogens (tertiary/aromatic N) is 1. The van der Waals surface area contributed by atoms with E-state index >= 15 is 0 Å². The van der Waals surface area contributed by atoms with E-state index in [1.54, 1.807) is 48.4 Å². The van der Waals surface area contributed by atoms with Crippen LogP contribution in [0.2, 0.25) is 0 Å². The Labute approximate surface area is 134 Å². The van der Waals surface area contributed by atoms with Crippen molar-refractivity contribution in [3.05, 3.63) is 65.5 Å². The first-order valence-corrected chi connectivity index (χ1v) is 7.47. The molecule has 1 heterocycles. The summed E-state index contributed by atoms with van der Waals surface area (Å²) >= 11 is 0. The predicted molar refractivity (Wildman–Crippen MR) is 84.0 cm³/mol. The van der Waals surface area contributed by atoms with E-state index in [9.17, 15) is 9.18 Å². The van der Waals surface area contributed by atoms with Gasteiger partial charge in [-0.15, -0.1) is 0 Å². The summed E-state index contributed by atoms with van der Waals surface area (Å²) in [4.78, 5) is 14.6. The highest BCUT2D eigenvalue weighted by Crippen LogP contribution is 2.27. The zero-order valence-corrected chi connectivity index (χ0v) is 12.9. The van der Waals surface area contributed by atoms with Crippen molar-refractivity contribution in [2.45, 2.75) is 6.04 Å². The normalized spacial score (nSPS) is 17.8. The fourth-order valence-corrected chi connectivity index (χ4v) is 2.73. The van der Waals surface area contributed by atoms with E-state index in [4.69, 9.17) is 9.47 Å². The SMILES string of the molecule is COc1cccc(C(=O)N2CCOCC2c2ccc(F)cc2)c1. The van der Waals surface area contributed by atoms with Crippen LogP contribution in [-0.2, 0) is 4.74 Å². The van der Waals surface area contributed by atoms with Crippen molar-refractivity contribution in [2.24, 2.45) is 0 Å².